The van der Waals surface area contributed by atoms with E-state index >= 15 is 0 Å². The van der Waals surface area contributed by atoms with E-state index in [1.807, 2.05) is 24.4 Å². The second-order valence-electron chi connectivity index (χ2n) is 3.85. The molecule has 0 saturated carbocycles. The predicted molar refractivity (Wildman–Crippen MR) is 70.5 cm³/mol. The highest BCUT2D eigenvalue weighted by Gasteiger charge is 2.03. The lowest BCUT2D eigenvalue weighted by Gasteiger charge is -2.05. The molecule has 1 amide bonds. The summed E-state index contributed by atoms with van der Waals surface area (Å²) in [7, 11) is 0. The summed E-state index contributed by atoms with van der Waals surface area (Å²) in [5.41, 5.74) is 1.91. The molecule has 6 nitrogen and oxygen atoms in total. The predicted octanol–water partition coefficient (Wildman–Crippen LogP) is 1.69. The molecule has 19 heavy (non-hydrogen) atoms. The maximum atomic E-state index is 11.1. The van der Waals surface area contributed by atoms with Crippen LogP contribution in [0.1, 0.15) is 6.92 Å². The molecule has 0 bridgehead atoms. The van der Waals surface area contributed by atoms with Crippen LogP contribution in [0.15, 0.2) is 36.8 Å². The van der Waals surface area contributed by atoms with Gasteiger partial charge in [0.15, 0.2) is 0 Å². The average Bonchev–Trinajstić information content (AvgIpc) is 2.89. The van der Waals surface area contributed by atoms with Crippen molar-refractivity contribution in [2.45, 2.75) is 13.5 Å². The van der Waals surface area contributed by atoms with Crippen molar-refractivity contribution in [3.63, 3.8) is 0 Å². The molecule has 0 aromatic carbocycles. The van der Waals surface area contributed by atoms with Gasteiger partial charge in [-0.15, -0.1) is 0 Å². The van der Waals surface area contributed by atoms with E-state index in [2.05, 4.69) is 15.4 Å². The van der Waals surface area contributed by atoms with Gasteiger partial charge in [-0.3, -0.25) is 9.67 Å². The van der Waals surface area contributed by atoms with Gasteiger partial charge in [-0.1, -0.05) is 0 Å². The second kappa shape index (κ2) is 6.53. The van der Waals surface area contributed by atoms with Crippen molar-refractivity contribution in [3.8, 4) is 11.3 Å². The Bertz CT molecular complexity index is 524. The molecule has 0 fully saturated rings. The molecule has 0 aliphatic rings. The Labute approximate surface area is 111 Å². The fourth-order valence-electron chi connectivity index (χ4n) is 1.62. The molecule has 2 aromatic heterocycles. The lowest BCUT2D eigenvalue weighted by Crippen LogP contribution is -2.27. The van der Waals surface area contributed by atoms with Crippen LogP contribution in [0.4, 0.5) is 4.79 Å². The molecule has 0 atom stereocenters. The summed E-state index contributed by atoms with van der Waals surface area (Å²) < 4.78 is 6.55. The Morgan fingerprint density at radius 1 is 1.37 bits per heavy atom. The average molecular weight is 260 g/mol. The van der Waals surface area contributed by atoms with Crippen molar-refractivity contribution in [2.24, 2.45) is 0 Å². The quantitative estimate of drug-likeness (QED) is 0.888. The molecule has 100 valence electrons. The topological polar surface area (TPSA) is 69.0 Å². The minimum Gasteiger partial charge on any atom is -0.450 e. The number of aromatic nitrogens is 3. The molecule has 6 heteroatoms. The van der Waals surface area contributed by atoms with E-state index in [1.54, 1.807) is 24.0 Å². The van der Waals surface area contributed by atoms with Gasteiger partial charge in [-0.25, -0.2) is 4.79 Å². The van der Waals surface area contributed by atoms with E-state index in [9.17, 15) is 4.79 Å². The Hall–Kier alpha value is -2.37. The van der Waals surface area contributed by atoms with E-state index in [1.165, 1.54) is 0 Å². The van der Waals surface area contributed by atoms with Gasteiger partial charge in [0, 0.05) is 30.7 Å². The summed E-state index contributed by atoms with van der Waals surface area (Å²) in [6, 6.07) is 5.74. The highest BCUT2D eigenvalue weighted by Crippen LogP contribution is 2.14. The number of nitrogens with zero attached hydrogens (tertiary/aromatic N) is 3. The first-order chi connectivity index (χ1) is 9.29. The first-order valence-corrected chi connectivity index (χ1v) is 6.14. The number of carbonyl (C=O) groups excluding carboxylic acids is 1. The SMILES string of the molecule is CCOC(=O)NCCn1ccc(-c2ccncc2)n1. The minimum atomic E-state index is -0.399. The third-order valence-corrected chi connectivity index (χ3v) is 2.50. The molecule has 0 aliphatic carbocycles. The number of ether oxygens (including phenoxy) is 1. The maximum absolute atomic E-state index is 11.1. The fraction of sp³-hybridized carbons (Fsp3) is 0.308. The van der Waals surface area contributed by atoms with Gasteiger partial charge in [0.2, 0.25) is 0 Å². The fourth-order valence-corrected chi connectivity index (χ4v) is 1.62. The zero-order chi connectivity index (χ0) is 13.5. The molecular formula is C13H16N4O2. The highest BCUT2D eigenvalue weighted by atomic mass is 16.5. The van der Waals surface area contributed by atoms with Crippen LogP contribution in [0.3, 0.4) is 0 Å². The monoisotopic (exact) mass is 260 g/mol. The normalized spacial score (nSPS) is 10.2. The Kier molecular flexibility index (Phi) is 4.49. The number of hydrogen-bond acceptors (Lipinski definition) is 4. The van der Waals surface area contributed by atoms with E-state index in [-0.39, 0.29) is 0 Å². The summed E-state index contributed by atoms with van der Waals surface area (Å²) in [6.07, 6.45) is 4.94. The van der Waals surface area contributed by atoms with E-state index in [4.69, 9.17) is 4.74 Å². The number of nitrogens with one attached hydrogen (secondary N) is 1. The van der Waals surface area contributed by atoms with Crippen LogP contribution in [0.5, 0.6) is 0 Å². The molecule has 2 rings (SSSR count). The lowest BCUT2D eigenvalue weighted by atomic mass is 10.2. The number of rotatable bonds is 5. The molecule has 0 radical (unpaired) electrons. The standard InChI is InChI=1S/C13H16N4O2/c1-2-19-13(18)15-8-10-17-9-5-12(16-17)11-3-6-14-7-4-11/h3-7,9H,2,8,10H2,1H3,(H,15,18). The van der Waals surface area contributed by atoms with Crippen molar-refractivity contribution in [2.75, 3.05) is 13.2 Å². The maximum Gasteiger partial charge on any atom is 0.407 e. The van der Waals surface area contributed by atoms with Gasteiger partial charge in [0.25, 0.3) is 0 Å². The molecule has 0 saturated heterocycles. The number of pyridine rings is 1. The molecule has 0 unspecified atom stereocenters. The largest absolute Gasteiger partial charge is 0.450 e. The Balaban J connectivity index is 1.86. The van der Waals surface area contributed by atoms with Crippen LogP contribution >= 0.6 is 0 Å². The van der Waals surface area contributed by atoms with E-state index in [0.29, 0.717) is 19.7 Å². The van der Waals surface area contributed by atoms with Crippen molar-refractivity contribution < 1.29 is 9.53 Å². The van der Waals surface area contributed by atoms with Crippen LogP contribution in [0, 0.1) is 0 Å². The number of amides is 1. The van der Waals surface area contributed by atoms with Crippen molar-refractivity contribution >= 4 is 6.09 Å². The third-order valence-electron chi connectivity index (χ3n) is 2.50. The van der Waals surface area contributed by atoms with Gasteiger partial charge in [-0.05, 0) is 25.1 Å². The zero-order valence-electron chi connectivity index (χ0n) is 10.7. The Morgan fingerprint density at radius 2 is 2.16 bits per heavy atom. The first kappa shape index (κ1) is 13.1. The minimum absolute atomic E-state index is 0.375. The van der Waals surface area contributed by atoms with Crippen LogP contribution in [-0.4, -0.2) is 34.0 Å². The summed E-state index contributed by atoms with van der Waals surface area (Å²) in [6.45, 7) is 3.23. The molecule has 0 spiro atoms. The molecule has 2 aromatic rings. The van der Waals surface area contributed by atoms with Gasteiger partial charge in [0.1, 0.15) is 0 Å². The van der Waals surface area contributed by atoms with Gasteiger partial charge < -0.3 is 10.1 Å². The van der Waals surface area contributed by atoms with E-state index < -0.39 is 6.09 Å². The smallest absolute Gasteiger partial charge is 0.407 e. The molecule has 2 heterocycles. The summed E-state index contributed by atoms with van der Waals surface area (Å²) >= 11 is 0. The second-order valence-corrected chi connectivity index (χ2v) is 3.85. The first-order valence-electron chi connectivity index (χ1n) is 6.14. The van der Waals surface area contributed by atoms with Crippen LogP contribution in [-0.2, 0) is 11.3 Å². The van der Waals surface area contributed by atoms with Crippen LogP contribution < -0.4 is 5.32 Å². The summed E-state index contributed by atoms with van der Waals surface area (Å²) in [4.78, 5) is 15.1. The van der Waals surface area contributed by atoms with Crippen LogP contribution in [0.2, 0.25) is 0 Å². The van der Waals surface area contributed by atoms with E-state index in [0.717, 1.165) is 11.3 Å². The van der Waals surface area contributed by atoms with Crippen molar-refractivity contribution in [1.82, 2.24) is 20.1 Å². The lowest BCUT2D eigenvalue weighted by molar-refractivity contribution is 0.152. The number of carbonyl (C=O) groups is 1. The van der Waals surface area contributed by atoms with Gasteiger partial charge in [-0.2, -0.15) is 5.10 Å². The highest BCUT2D eigenvalue weighted by molar-refractivity contribution is 5.66. The molecular weight excluding hydrogens is 244 g/mol. The summed E-state index contributed by atoms with van der Waals surface area (Å²) in [5, 5.41) is 7.07. The zero-order valence-corrected chi connectivity index (χ0v) is 10.7. The third kappa shape index (κ3) is 3.80. The van der Waals surface area contributed by atoms with Crippen molar-refractivity contribution in [1.29, 1.82) is 0 Å². The number of hydrogen-bond donors (Lipinski definition) is 1. The molecule has 0 aliphatic heterocycles. The number of alkyl carbamates (subject to hydrolysis) is 1. The van der Waals surface area contributed by atoms with Crippen molar-refractivity contribution in [3.05, 3.63) is 36.8 Å². The summed E-state index contributed by atoms with van der Waals surface area (Å²) in [5.74, 6) is 0. The Morgan fingerprint density at radius 3 is 2.89 bits per heavy atom. The molecule has 1 N–H and O–H groups in total. The van der Waals surface area contributed by atoms with Gasteiger partial charge in [0.05, 0.1) is 18.8 Å². The van der Waals surface area contributed by atoms with Crippen LogP contribution in [0.25, 0.3) is 11.3 Å². The van der Waals surface area contributed by atoms with Gasteiger partial charge >= 0.3 is 6.09 Å².